The minimum absolute atomic E-state index is 0.444. The van der Waals surface area contributed by atoms with Crippen LogP contribution >= 0.6 is 0 Å². The summed E-state index contributed by atoms with van der Waals surface area (Å²) in [6.45, 7) is 0. The third-order valence-electron chi connectivity index (χ3n) is 11.5. The summed E-state index contributed by atoms with van der Waals surface area (Å²) in [5.41, 5.74) is 16.0. The molecule has 0 amide bonds. The molecule has 11 rings (SSSR count). The fourth-order valence-corrected chi connectivity index (χ4v) is 9.03. The molecule has 0 bridgehead atoms. The molecule has 3 heteroatoms. The minimum Gasteiger partial charge on any atom is -0.457 e. The molecule has 254 valence electrons. The molecule has 1 spiro atoms. The predicted octanol–water partition coefficient (Wildman–Crippen LogP) is 12.7. The van der Waals surface area contributed by atoms with E-state index < -0.39 is 5.41 Å². The highest BCUT2D eigenvalue weighted by Crippen LogP contribution is 2.62. The van der Waals surface area contributed by atoms with Crippen LogP contribution in [0.15, 0.2) is 182 Å². The Morgan fingerprint density at radius 1 is 0.481 bits per heavy atom. The highest BCUT2D eigenvalue weighted by Gasteiger charge is 2.50. The van der Waals surface area contributed by atoms with Crippen LogP contribution in [0.1, 0.15) is 46.2 Å². The molecular formula is C51H34N2O. The maximum atomic E-state index is 6.80. The van der Waals surface area contributed by atoms with Crippen molar-refractivity contribution in [3.05, 3.63) is 215 Å². The molecule has 54 heavy (non-hydrogen) atoms. The number of hydrogen-bond acceptors (Lipinski definition) is 3. The number of fused-ring (bicyclic) bond motifs is 10. The van der Waals surface area contributed by atoms with E-state index in [9.17, 15) is 0 Å². The number of benzene rings is 7. The molecule has 0 N–H and O–H groups in total. The van der Waals surface area contributed by atoms with Crippen molar-refractivity contribution in [2.75, 3.05) is 0 Å². The fraction of sp³-hybridized carbons (Fsp3) is 0.0588. The Bertz CT molecular complexity index is 2800. The minimum atomic E-state index is -0.444. The van der Waals surface area contributed by atoms with Gasteiger partial charge >= 0.3 is 0 Å². The average molecular weight is 691 g/mol. The second kappa shape index (κ2) is 12.1. The number of para-hydroxylation sites is 2. The van der Waals surface area contributed by atoms with E-state index in [1.54, 1.807) is 0 Å². The van der Waals surface area contributed by atoms with E-state index in [1.807, 2.05) is 18.2 Å². The first-order valence-corrected chi connectivity index (χ1v) is 18.7. The van der Waals surface area contributed by atoms with Gasteiger partial charge in [-0.3, -0.25) is 0 Å². The van der Waals surface area contributed by atoms with Crippen molar-refractivity contribution in [1.29, 1.82) is 0 Å². The number of rotatable bonds is 4. The van der Waals surface area contributed by atoms with Gasteiger partial charge in [0.15, 0.2) is 5.82 Å². The fourth-order valence-electron chi connectivity index (χ4n) is 9.03. The summed E-state index contributed by atoms with van der Waals surface area (Å²) < 4.78 is 6.80. The lowest BCUT2D eigenvalue weighted by molar-refractivity contribution is 0.436. The topological polar surface area (TPSA) is 35.0 Å². The average Bonchev–Trinajstić information content (AvgIpc) is 3.54. The molecular weight excluding hydrogens is 657 g/mol. The third kappa shape index (κ3) is 4.61. The van der Waals surface area contributed by atoms with Gasteiger partial charge in [-0.2, -0.15) is 0 Å². The van der Waals surface area contributed by atoms with Gasteiger partial charge in [0, 0.05) is 27.6 Å². The van der Waals surface area contributed by atoms with Crippen molar-refractivity contribution in [3.8, 4) is 45.3 Å². The lowest BCUT2D eigenvalue weighted by Gasteiger charge is -2.39. The number of hydrogen-bond donors (Lipinski definition) is 0. The zero-order valence-corrected chi connectivity index (χ0v) is 29.5. The van der Waals surface area contributed by atoms with Gasteiger partial charge in [0.25, 0.3) is 0 Å². The normalized spacial score (nSPS) is 14.7. The van der Waals surface area contributed by atoms with Crippen molar-refractivity contribution in [2.24, 2.45) is 0 Å². The van der Waals surface area contributed by atoms with E-state index in [0.29, 0.717) is 0 Å². The molecule has 1 aromatic heterocycles. The van der Waals surface area contributed by atoms with Gasteiger partial charge in [-0.05, 0) is 75.6 Å². The summed E-state index contributed by atoms with van der Waals surface area (Å²) in [6.07, 6.45) is 6.65. The van der Waals surface area contributed by atoms with E-state index in [1.165, 1.54) is 55.7 Å². The largest absolute Gasteiger partial charge is 0.457 e. The number of nitrogens with zero attached hydrogens (tertiary/aromatic N) is 2. The molecule has 0 fully saturated rings. The van der Waals surface area contributed by atoms with Gasteiger partial charge in [0.2, 0.25) is 0 Å². The molecule has 7 aromatic carbocycles. The quantitative estimate of drug-likeness (QED) is 0.184. The van der Waals surface area contributed by atoms with E-state index in [2.05, 4.69) is 164 Å². The van der Waals surface area contributed by atoms with Gasteiger partial charge in [0.05, 0.1) is 16.6 Å². The smallest absolute Gasteiger partial charge is 0.160 e. The Morgan fingerprint density at radius 2 is 1.11 bits per heavy atom. The first-order chi connectivity index (χ1) is 26.8. The Hall–Kier alpha value is -6.84. The molecule has 0 saturated carbocycles. The van der Waals surface area contributed by atoms with E-state index in [-0.39, 0.29) is 0 Å². The lowest BCUT2D eigenvalue weighted by Crippen LogP contribution is -2.32. The zero-order chi connectivity index (χ0) is 35.6. The number of aromatic nitrogens is 2. The summed E-state index contributed by atoms with van der Waals surface area (Å²) in [5.74, 6) is 2.57. The van der Waals surface area contributed by atoms with E-state index >= 15 is 0 Å². The SMILES string of the molecule is C1=C(c2ccc(-c3nc(-c4ccccc4)c4ccccc4n3)cc2)C=C(c2ccc3c(c2)Oc2ccccc2C32c3ccccc3-c3ccccc32)CC1. The van der Waals surface area contributed by atoms with Gasteiger partial charge in [-0.1, -0.05) is 164 Å². The predicted molar refractivity (Wildman–Crippen MR) is 219 cm³/mol. The molecule has 0 unspecified atom stereocenters. The Balaban J connectivity index is 0.960. The molecule has 2 aliphatic carbocycles. The van der Waals surface area contributed by atoms with Crippen molar-refractivity contribution in [2.45, 2.75) is 18.3 Å². The monoisotopic (exact) mass is 690 g/mol. The van der Waals surface area contributed by atoms with Crippen molar-refractivity contribution >= 4 is 22.0 Å². The Morgan fingerprint density at radius 3 is 1.91 bits per heavy atom. The first-order valence-electron chi connectivity index (χ1n) is 18.7. The highest BCUT2D eigenvalue weighted by atomic mass is 16.5. The van der Waals surface area contributed by atoms with Crippen LogP contribution < -0.4 is 4.74 Å². The zero-order valence-electron chi connectivity index (χ0n) is 29.5. The van der Waals surface area contributed by atoms with Crippen LogP contribution in [0.2, 0.25) is 0 Å². The van der Waals surface area contributed by atoms with Gasteiger partial charge in [-0.25, -0.2) is 9.97 Å². The summed E-state index contributed by atoms with van der Waals surface area (Å²) in [5, 5.41) is 1.05. The Labute approximate surface area is 314 Å². The lowest BCUT2D eigenvalue weighted by atomic mass is 9.66. The highest BCUT2D eigenvalue weighted by molar-refractivity contribution is 5.94. The second-order valence-electron chi connectivity index (χ2n) is 14.4. The molecule has 0 radical (unpaired) electrons. The molecule has 1 aliphatic heterocycles. The van der Waals surface area contributed by atoms with Gasteiger partial charge in [-0.15, -0.1) is 0 Å². The Kier molecular flexibility index (Phi) is 6.90. The van der Waals surface area contributed by atoms with Crippen molar-refractivity contribution in [1.82, 2.24) is 9.97 Å². The van der Waals surface area contributed by atoms with Crippen molar-refractivity contribution < 1.29 is 4.74 Å². The third-order valence-corrected chi connectivity index (χ3v) is 11.5. The standard InChI is InChI=1S/C51H34N2O/c1-2-13-34(14-3-1)49-41-19-6-10-23-46(41)52-50(53-49)35-27-25-33(26-28-35)36-15-12-16-37(31-36)38-29-30-45-48(32-38)54-47-24-11-9-22-44(47)51(45)42-20-7-4-17-39(42)40-18-5-8-21-43(40)51/h1-11,13-15,17-32H,12,16H2. The van der Waals surface area contributed by atoms with Crippen LogP contribution in [-0.2, 0) is 5.41 Å². The van der Waals surface area contributed by atoms with E-state index in [0.717, 1.165) is 57.9 Å². The van der Waals surface area contributed by atoms with E-state index in [4.69, 9.17) is 14.7 Å². The summed E-state index contributed by atoms with van der Waals surface area (Å²) in [6, 6.07) is 60.6. The molecule has 2 heterocycles. The van der Waals surface area contributed by atoms with Crippen LogP contribution in [0.3, 0.4) is 0 Å². The maximum Gasteiger partial charge on any atom is 0.160 e. The molecule has 0 atom stereocenters. The van der Waals surface area contributed by atoms with Crippen LogP contribution in [0, 0.1) is 0 Å². The van der Waals surface area contributed by atoms with Crippen LogP contribution in [0.4, 0.5) is 0 Å². The summed E-state index contributed by atoms with van der Waals surface area (Å²) >= 11 is 0. The van der Waals surface area contributed by atoms with Crippen LogP contribution in [0.25, 0.3) is 55.8 Å². The molecule has 3 nitrogen and oxygen atoms in total. The number of ether oxygens (including phenoxy) is 1. The molecule has 3 aliphatic rings. The maximum absolute atomic E-state index is 6.80. The van der Waals surface area contributed by atoms with Crippen LogP contribution in [0.5, 0.6) is 11.5 Å². The first kappa shape index (κ1) is 30.8. The second-order valence-corrected chi connectivity index (χ2v) is 14.4. The summed E-state index contributed by atoms with van der Waals surface area (Å²) in [7, 11) is 0. The van der Waals surface area contributed by atoms with Crippen molar-refractivity contribution in [3.63, 3.8) is 0 Å². The molecule has 8 aromatic rings. The summed E-state index contributed by atoms with van der Waals surface area (Å²) in [4.78, 5) is 10.1. The van der Waals surface area contributed by atoms with Gasteiger partial charge in [0.1, 0.15) is 11.5 Å². The van der Waals surface area contributed by atoms with Crippen LogP contribution in [-0.4, -0.2) is 9.97 Å². The number of allylic oxidation sites excluding steroid dienone is 4. The van der Waals surface area contributed by atoms with Gasteiger partial charge < -0.3 is 4.74 Å². The molecule has 0 saturated heterocycles.